The third kappa shape index (κ3) is 2.51. The van der Waals surface area contributed by atoms with E-state index in [2.05, 4.69) is 0 Å². The number of para-hydroxylation sites is 1. The molecular formula is C6H6AlN2O3+3. The second-order valence-corrected chi connectivity index (χ2v) is 1.86. The van der Waals surface area contributed by atoms with E-state index in [0.717, 1.165) is 0 Å². The second kappa shape index (κ2) is 4.72. The van der Waals surface area contributed by atoms with Gasteiger partial charge in [-0.25, -0.2) is 15.3 Å². The van der Waals surface area contributed by atoms with E-state index in [9.17, 15) is 10.1 Å². The van der Waals surface area contributed by atoms with Crippen molar-refractivity contribution >= 4 is 23.0 Å². The van der Waals surface area contributed by atoms with Gasteiger partial charge in [0.1, 0.15) is 5.69 Å². The van der Waals surface area contributed by atoms with Crippen LogP contribution in [0.4, 0.5) is 5.69 Å². The van der Waals surface area contributed by atoms with Crippen LogP contribution in [-0.4, -0.2) is 27.6 Å². The van der Waals surface area contributed by atoms with Crippen LogP contribution < -0.4 is 5.17 Å². The smallest absolute Gasteiger partial charge is 0.232 e. The maximum absolute atomic E-state index is 9.98. The van der Waals surface area contributed by atoms with Gasteiger partial charge in [-0.3, -0.25) is 0 Å². The minimum Gasteiger partial charge on any atom is -0.232 e. The van der Waals surface area contributed by atoms with Gasteiger partial charge in [0.05, 0.1) is 0 Å². The van der Waals surface area contributed by atoms with Crippen LogP contribution in [0.1, 0.15) is 0 Å². The van der Waals surface area contributed by atoms with Gasteiger partial charge in [-0.2, -0.15) is 0 Å². The Morgan fingerprint density at radius 1 is 1.33 bits per heavy atom. The van der Waals surface area contributed by atoms with Gasteiger partial charge in [0.2, 0.25) is 0 Å². The minimum atomic E-state index is -0.907. The standard InChI is InChI=1S/C6H6N2O3.Al/c9-7(8(10)11)6-4-2-1-3-5-6;/h1-5,9H;/q;+3. The summed E-state index contributed by atoms with van der Waals surface area (Å²) in [4.78, 5) is 9.98. The first-order valence-electron chi connectivity index (χ1n) is 2.90. The van der Waals surface area contributed by atoms with Crippen molar-refractivity contribution in [3.8, 4) is 0 Å². The van der Waals surface area contributed by atoms with Crippen LogP contribution in [0.15, 0.2) is 30.3 Å². The number of benzene rings is 1. The molecular weight excluding hydrogens is 175 g/mol. The Labute approximate surface area is 79.4 Å². The zero-order chi connectivity index (χ0) is 8.27. The van der Waals surface area contributed by atoms with Gasteiger partial charge >= 0.3 is 17.4 Å². The molecule has 0 aliphatic heterocycles. The monoisotopic (exact) mass is 181 g/mol. The van der Waals surface area contributed by atoms with Crippen LogP contribution in [-0.2, 0) is 0 Å². The maximum Gasteiger partial charge on any atom is 3.00 e. The Kier molecular flexibility index (Phi) is 4.29. The Hall–Kier alpha value is -1.09. The molecule has 0 aromatic heterocycles. The van der Waals surface area contributed by atoms with Crippen LogP contribution in [0, 0.1) is 10.1 Å². The van der Waals surface area contributed by atoms with Gasteiger partial charge in [0.15, 0.2) is 5.03 Å². The van der Waals surface area contributed by atoms with Crippen LogP contribution in [0.2, 0.25) is 0 Å². The fourth-order valence-electron chi connectivity index (χ4n) is 0.656. The van der Waals surface area contributed by atoms with E-state index in [0.29, 0.717) is 0 Å². The molecule has 1 N–H and O–H groups in total. The van der Waals surface area contributed by atoms with E-state index in [-0.39, 0.29) is 28.2 Å². The number of hydrogen-bond donors (Lipinski definition) is 1. The average molecular weight is 181 g/mol. The summed E-state index contributed by atoms with van der Waals surface area (Å²) in [6.45, 7) is 0. The molecule has 0 radical (unpaired) electrons. The molecule has 1 rings (SSSR count). The van der Waals surface area contributed by atoms with Crippen molar-refractivity contribution in [1.82, 2.24) is 0 Å². The molecule has 0 amide bonds. The van der Waals surface area contributed by atoms with E-state index >= 15 is 0 Å². The molecule has 58 valence electrons. The third-order valence-corrected chi connectivity index (χ3v) is 1.14. The quantitative estimate of drug-likeness (QED) is 0.414. The summed E-state index contributed by atoms with van der Waals surface area (Å²) in [5, 5.41) is 17.8. The number of anilines is 1. The van der Waals surface area contributed by atoms with Crippen molar-refractivity contribution in [2.45, 2.75) is 0 Å². The molecule has 0 atom stereocenters. The number of rotatable bonds is 2. The summed E-state index contributed by atoms with van der Waals surface area (Å²) in [7, 11) is 0. The predicted molar refractivity (Wildman–Crippen MR) is 43.5 cm³/mol. The molecule has 12 heavy (non-hydrogen) atoms. The molecule has 0 aliphatic carbocycles. The first kappa shape index (κ1) is 10.9. The summed E-state index contributed by atoms with van der Waals surface area (Å²) in [6, 6.07) is 7.77. The summed E-state index contributed by atoms with van der Waals surface area (Å²) in [5.74, 6) is 0. The number of nitrogens with zero attached hydrogens (tertiary/aromatic N) is 2. The van der Waals surface area contributed by atoms with Gasteiger partial charge in [-0.05, 0) is 12.1 Å². The zero-order valence-electron chi connectivity index (χ0n) is 6.12. The van der Waals surface area contributed by atoms with E-state index in [1.807, 2.05) is 0 Å². The summed E-state index contributed by atoms with van der Waals surface area (Å²) in [6.07, 6.45) is 0. The maximum atomic E-state index is 9.98. The van der Waals surface area contributed by atoms with Crippen molar-refractivity contribution in [2.24, 2.45) is 0 Å². The van der Waals surface area contributed by atoms with Gasteiger partial charge in [-0.15, -0.1) is 0 Å². The molecule has 0 fully saturated rings. The molecule has 0 saturated carbocycles. The number of hydrogen-bond acceptors (Lipinski definition) is 3. The first-order chi connectivity index (χ1) is 5.22. The molecule has 6 heteroatoms. The molecule has 0 spiro atoms. The Morgan fingerprint density at radius 2 is 1.83 bits per heavy atom. The number of hydrazine groups is 1. The Morgan fingerprint density at radius 3 is 2.25 bits per heavy atom. The molecule has 0 unspecified atom stereocenters. The summed E-state index contributed by atoms with van der Waals surface area (Å²) >= 11 is 0. The van der Waals surface area contributed by atoms with Crippen molar-refractivity contribution in [2.75, 3.05) is 5.17 Å². The van der Waals surface area contributed by atoms with Crippen molar-refractivity contribution in [1.29, 1.82) is 0 Å². The topological polar surface area (TPSA) is 66.6 Å². The Balaban J connectivity index is 0.00000121. The largest absolute Gasteiger partial charge is 3.00 e. The van der Waals surface area contributed by atoms with Crippen LogP contribution >= 0.6 is 0 Å². The molecule has 0 heterocycles. The van der Waals surface area contributed by atoms with Crippen LogP contribution in [0.25, 0.3) is 0 Å². The molecule has 0 aliphatic rings. The predicted octanol–water partition coefficient (Wildman–Crippen LogP) is 0.693. The van der Waals surface area contributed by atoms with Gasteiger partial charge in [0.25, 0.3) is 0 Å². The van der Waals surface area contributed by atoms with Crippen molar-refractivity contribution in [3.05, 3.63) is 40.4 Å². The SMILES string of the molecule is O=[N+]([O-])N(O)c1ccccc1.[Al+3]. The third-order valence-electron chi connectivity index (χ3n) is 1.14. The Bertz CT molecular complexity index is 254. The second-order valence-electron chi connectivity index (χ2n) is 1.86. The van der Waals surface area contributed by atoms with Gasteiger partial charge < -0.3 is 0 Å². The molecule has 0 bridgehead atoms. The fourth-order valence-corrected chi connectivity index (χ4v) is 0.656. The zero-order valence-corrected chi connectivity index (χ0v) is 7.28. The molecule has 5 nitrogen and oxygen atoms in total. The van der Waals surface area contributed by atoms with Crippen LogP contribution in [0.5, 0.6) is 0 Å². The minimum absolute atomic E-state index is 0. The average Bonchev–Trinajstić information content (AvgIpc) is 2.05. The summed E-state index contributed by atoms with van der Waals surface area (Å²) in [5.41, 5.74) is 0.137. The van der Waals surface area contributed by atoms with Crippen molar-refractivity contribution in [3.63, 3.8) is 0 Å². The summed E-state index contributed by atoms with van der Waals surface area (Å²) < 4.78 is 0. The normalized spacial score (nSPS) is 8.42. The fraction of sp³-hybridized carbons (Fsp3) is 0. The first-order valence-corrected chi connectivity index (χ1v) is 2.90. The van der Waals surface area contributed by atoms with Crippen molar-refractivity contribution < 1.29 is 10.2 Å². The molecule has 1 aromatic carbocycles. The number of nitro groups is 1. The van der Waals surface area contributed by atoms with E-state index < -0.39 is 5.03 Å². The van der Waals surface area contributed by atoms with E-state index in [1.165, 1.54) is 12.1 Å². The van der Waals surface area contributed by atoms with E-state index in [4.69, 9.17) is 5.21 Å². The molecule has 0 saturated heterocycles. The van der Waals surface area contributed by atoms with Gasteiger partial charge in [0, 0.05) is 5.17 Å². The van der Waals surface area contributed by atoms with E-state index in [1.54, 1.807) is 18.2 Å². The van der Waals surface area contributed by atoms with Crippen LogP contribution in [0.3, 0.4) is 0 Å². The van der Waals surface area contributed by atoms with Gasteiger partial charge in [-0.1, -0.05) is 18.2 Å². The molecule has 1 aromatic rings.